The highest BCUT2D eigenvalue weighted by Crippen LogP contribution is 2.31. The number of rotatable bonds is 7. The van der Waals surface area contributed by atoms with Gasteiger partial charge in [0.05, 0.1) is 38.8 Å². The zero-order valence-electron chi connectivity index (χ0n) is 19.0. The van der Waals surface area contributed by atoms with Gasteiger partial charge in [-0.05, 0) is 43.4 Å². The number of nitrogens with one attached hydrogen (secondary N) is 1. The number of anilines is 1. The van der Waals surface area contributed by atoms with Crippen LogP contribution < -0.4 is 11.0 Å². The lowest BCUT2D eigenvalue weighted by Gasteiger charge is -2.22. The van der Waals surface area contributed by atoms with E-state index in [2.05, 4.69) is 16.4 Å². The lowest BCUT2D eigenvalue weighted by Crippen LogP contribution is -2.29. The first-order chi connectivity index (χ1) is 16.2. The van der Waals surface area contributed by atoms with Crippen LogP contribution in [0, 0.1) is 0 Å². The molecule has 0 spiro atoms. The Morgan fingerprint density at radius 1 is 1.09 bits per heavy atom. The predicted molar refractivity (Wildman–Crippen MR) is 127 cm³/mol. The Balaban J connectivity index is 1.63. The van der Waals surface area contributed by atoms with Crippen LogP contribution in [0.4, 0.5) is 5.95 Å². The van der Waals surface area contributed by atoms with E-state index in [4.69, 9.17) is 14.5 Å². The molecule has 172 valence electrons. The van der Waals surface area contributed by atoms with E-state index in [0.717, 1.165) is 41.9 Å². The molecule has 2 aromatic heterocycles. The van der Waals surface area contributed by atoms with Crippen LogP contribution in [0.2, 0.25) is 0 Å². The molecule has 2 heterocycles. The molecule has 1 fully saturated rings. The number of hydrogen-bond donors (Lipinski definition) is 1. The van der Waals surface area contributed by atoms with Gasteiger partial charge in [0.1, 0.15) is 11.3 Å². The van der Waals surface area contributed by atoms with E-state index in [-0.39, 0.29) is 11.7 Å². The lowest BCUT2D eigenvalue weighted by atomic mass is 10.0. The smallest absolute Gasteiger partial charge is 0.331 e. The fraction of sp³-hybridized carbons (Fsp3) is 0.400. The molecule has 1 atom stereocenters. The molecule has 5 rings (SSSR count). The van der Waals surface area contributed by atoms with E-state index in [9.17, 15) is 4.79 Å². The van der Waals surface area contributed by atoms with Gasteiger partial charge < -0.3 is 14.8 Å². The number of nitrogens with zero attached hydrogens (tertiary/aromatic N) is 4. The van der Waals surface area contributed by atoms with Crippen LogP contribution in [0.5, 0.6) is 0 Å². The molecule has 8 nitrogen and oxygen atoms in total. The van der Waals surface area contributed by atoms with Gasteiger partial charge in [0, 0.05) is 12.5 Å². The molecule has 1 N–H and O–H groups in total. The summed E-state index contributed by atoms with van der Waals surface area (Å²) in [7, 11) is 3.33. The molecule has 0 amide bonds. The van der Waals surface area contributed by atoms with Gasteiger partial charge in [-0.3, -0.25) is 9.13 Å². The van der Waals surface area contributed by atoms with Crippen molar-refractivity contribution in [1.29, 1.82) is 0 Å². The minimum atomic E-state index is -0.264. The van der Waals surface area contributed by atoms with Gasteiger partial charge in [0.15, 0.2) is 5.65 Å². The van der Waals surface area contributed by atoms with Gasteiger partial charge in [-0.15, -0.1) is 0 Å². The number of benzene rings is 1. The summed E-state index contributed by atoms with van der Waals surface area (Å²) in [6, 6.07) is 10.1. The second-order valence-electron chi connectivity index (χ2n) is 8.53. The standard InChI is InChI=1S/C25H29N5O3/c1-32-19-9-6-10-20(22(33-2)14-13-19)30-23-21(15-26-24(28-23)27-18-11-12-18)29(25(30)31)16-17-7-4-3-5-8-17/h3-5,7-9,14-15,18,20H,6,10-13,16H2,1-2H3,(H,26,27,28)/b19-9+,22-14+. The van der Waals surface area contributed by atoms with Gasteiger partial charge in [0.25, 0.3) is 0 Å². The molecule has 2 aliphatic rings. The quantitative estimate of drug-likeness (QED) is 0.589. The Bertz CT molecular complexity index is 1250. The zero-order chi connectivity index (χ0) is 22.8. The van der Waals surface area contributed by atoms with Crippen molar-refractivity contribution in [3.8, 4) is 0 Å². The summed E-state index contributed by atoms with van der Waals surface area (Å²) in [6.07, 6.45) is 10.2. The number of imidazole rings is 1. The summed E-state index contributed by atoms with van der Waals surface area (Å²) in [4.78, 5) is 23.2. The van der Waals surface area contributed by atoms with Gasteiger partial charge in [0.2, 0.25) is 5.95 Å². The van der Waals surface area contributed by atoms with Crippen LogP contribution in [-0.2, 0) is 16.0 Å². The summed E-state index contributed by atoms with van der Waals surface area (Å²) < 4.78 is 14.8. The maximum Gasteiger partial charge on any atom is 0.331 e. The molecule has 1 unspecified atom stereocenters. The van der Waals surface area contributed by atoms with Gasteiger partial charge in [-0.25, -0.2) is 9.78 Å². The fourth-order valence-electron chi connectivity index (χ4n) is 4.34. The molecule has 2 aliphatic carbocycles. The maximum atomic E-state index is 13.8. The Morgan fingerprint density at radius 2 is 1.91 bits per heavy atom. The van der Waals surface area contributed by atoms with E-state index in [1.54, 1.807) is 29.6 Å². The third-order valence-electron chi connectivity index (χ3n) is 6.25. The number of aromatic nitrogens is 4. The zero-order valence-corrected chi connectivity index (χ0v) is 19.0. The van der Waals surface area contributed by atoms with Crippen molar-refractivity contribution in [2.75, 3.05) is 19.5 Å². The fourth-order valence-corrected chi connectivity index (χ4v) is 4.34. The van der Waals surface area contributed by atoms with E-state index in [0.29, 0.717) is 37.0 Å². The summed E-state index contributed by atoms with van der Waals surface area (Å²) in [5.41, 5.74) is 2.28. The van der Waals surface area contributed by atoms with Crippen LogP contribution in [0.3, 0.4) is 0 Å². The van der Waals surface area contributed by atoms with Crippen molar-refractivity contribution in [3.63, 3.8) is 0 Å². The first kappa shape index (κ1) is 21.3. The molecule has 0 saturated heterocycles. The number of allylic oxidation sites excluding steroid dienone is 3. The van der Waals surface area contributed by atoms with E-state index in [1.165, 1.54) is 0 Å². The molecule has 0 bridgehead atoms. The van der Waals surface area contributed by atoms with Crippen LogP contribution in [0.15, 0.2) is 65.0 Å². The minimum absolute atomic E-state index is 0.115. The summed E-state index contributed by atoms with van der Waals surface area (Å²) >= 11 is 0. The largest absolute Gasteiger partial charge is 0.501 e. The van der Waals surface area contributed by atoms with Crippen molar-refractivity contribution in [1.82, 2.24) is 19.1 Å². The molecular weight excluding hydrogens is 418 g/mol. The predicted octanol–water partition coefficient (Wildman–Crippen LogP) is 4.00. The molecule has 3 aromatic rings. The van der Waals surface area contributed by atoms with Crippen molar-refractivity contribution in [3.05, 3.63) is 76.2 Å². The second kappa shape index (κ2) is 9.13. The molecule has 33 heavy (non-hydrogen) atoms. The van der Waals surface area contributed by atoms with E-state index >= 15 is 0 Å². The molecule has 8 heteroatoms. The molecule has 0 radical (unpaired) electrons. The Kier molecular flexibility index (Phi) is 5.90. The Morgan fingerprint density at radius 3 is 2.64 bits per heavy atom. The number of fused-ring (bicyclic) bond motifs is 1. The molecule has 1 saturated carbocycles. The highest BCUT2D eigenvalue weighted by molar-refractivity contribution is 5.72. The van der Waals surface area contributed by atoms with E-state index in [1.807, 2.05) is 36.4 Å². The monoisotopic (exact) mass is 447 g/mol. The maximum absolute atomic E-state index is 13.8. The summed E-state index contributed by atoms with van der Waals surface area (Å²) in [6.45, 7) is 0.453. The lowest BCUT2D eigenvalue weighted by molar-refractivity contribution is 0.227. The number of ether oxygens (including phenoxy) is 2. The first-order valence-electron chi connectivity index (χ1n) is 11.4. The first-order valence-corrected chi connectivity index (χ1v) is 11.4. The SMILES string of the molecule is CO/C1=C/CCC(n2c(=O)n(Cc3ccccc3)c3cnc(NC4CC4)nc32)/C(OC)=C\C1. The van der Waals surface area contributed by atoms with Crippen LogP contribution in [0.25, 0.3) is 11.2 Å². The van der Waals surface area contributed by atoms with Crippen molar-refractivity contribution in [2.24, 2.45) is 0 Å². The van der Waals surface area contributed by atoms with Crippen molar-refractivity contribution < 1.29 is 9.47 Å². The Hall–Kier alpha value is -3.55. The average Bonchev–Trinajstić information content (AvgIpc) is 3.60. The normalized spacial score (nSPS) is 21.9. The van der Waals surface area contributed by atoms with Gasteiger partial charge >= 0.3 is 5.69 Å². The third kappa shape index (κ3) is 4.37. The van der Waals surface area contributed by atoms with Crippen LogP contribution in [-0.4, -0.2) is 39.4 Å². The summed E-state index contributed by atoms with van der Waals surface area (Å²) in [5.74, 6) is 2.21. The second-order valence-corrected chi connectivity index (χ2v) is 8.53. The van der Waals surface area contributed by atoms with Crippen molar-refractivity contribution >= 4 is 17.1 Å². The van der Waals surface area contributed by atoms with Crippen LogP contribution in [0.1, 0.15) is 43.7 Å². The van der Waals surface area contributed by atoms with Crippen molar-refractivity contribution in [2.45, 2.75) is 50.7 Å². The average molecular weight is 448 g/mol. The van der Waals surface area contributed by atoms with Crippen LogP contribution >= 0.6 is 0 Å². The van der Waals surface area contributed by atoms with Gasteiger partial charge in [-0.1, -0.05) is 30.3 Å². The molecular formula is C25H29N5O3. The molecule has 1 aromatic carbocycles. The Labute approximate surface area is 192 Å². The number of methoxy groups -OCH3 is 2. The van der Waals surface area contributed by atoms with Gasteiger partial charge in [-0.2, -0.15) is 4.98 Å². The molecule has 0 aliphatic heterocycles. The highest BCUT2D eigenvalue weighted by atomic mass is 16.5. The van der Waals surface area contributed by atoms with E-state index < -0.39 is 0 Å². The topological polar surface area (TPSA) is 83.2 Å². The minimum Gasteiger partial charge on any atom is -0.501 e. The summed E-state index contributed by atoms with van der Waals surface area (Å²) in [5, 5.41) is 3.36. The highest BCUT2D eigenvalue weighted by Gasteiger charge is 2.28. The number of hydrogen-bond acceptors (Lipinski definition) is 6. The third-order valence-corrected chi connectivity index (χ3v) is 6.25.